The molecule has 0 radical (unpaired) electrons. The molecule has 3 heteroatoms. The Labute approximate surface area is 98.1 Å². The molecule has 1 aromatic rings. The lowest BCUT2D eigenvalue weighted by atomic mass is 10.2. The molecule has 1 atom stereocenters. The third-order valence-corrected chi connectivity index (χ3v) is 2.60. The zero-order valence-corrected chi connectivity index (χ0v) is 10.4. The van der Waals surface area contributed by atoms with Gasteiger partial charge in [-0.2, -0.15) is 0 Å². The Kier molecular flexibility index (Phi) is 5.29. The molecule has 0 aliphatic heterocycles. The summed E-state index contributed by atoms with van der Waals surface area (Å²) in [5.41, 5.74) is 1.20. The van der Waals surface area contributed by atoms with E-state index in [1.165, 1.54) is 5.56 Å². The number of phenols is 1. The standard InChI is InChI=1S/C13H22N2O/c1-11(8-9-15(2)3)14-10-12-4-6-13(16)7-5-12/h4-7,11,14,16H,8-10H2,1-3H3. The van der Waals surface area contributed by atoms with E-state index in [0.717, 1.165) is 19.5 Å². The average molecular weight is 222 g/mol. The number of hydrogen-bond acceptors (Lipinski definition) is 3. The lowest BCUT2D eigenvalue weighted by Gasteiger charge is -2.16. The molecule has 0 aliphatic rings. The number of benzene rings is 1. The summed E-state index contributed by atoms with van der Waals surface area (Å²) in [5.74, 6) is 0.324. The van der Waals surface area contributed by atoms with Crippen molar-refractivity contribution in [2.45, 2.75) is 25.9 Å². The minimum Gasteiger partial charge on any atom is -0.508 e. The van der Waals surface area contributed by atoms with Crippen LogP contribution in [0.3, 0.4) is 0 Å². The quantitative estimate of drug-likeness (QED) is 0.770. The first-order valence-electron chi connectivity index (χ1n) is 5.74. The summed E-state index contributed by atoms with van der Waals surface area (Å²) in [6.07, 6.45) is 1.14. The summed E-state index contributed by atoms with van der Waals surface area (Å²) >= 11 is 0. The molecular weight excluding hydrogens is 200 g/mol. The Balaban J connectivity index is 2.26. The number of hydrogen-bond donors (Lipinski definition) is 2. The third-order valence-electron chi connectivity index (χ3n) is 2.60. The van der Waals surface area contributed by atoms with Crippen LogP contribution in [0, 0.1) is 0 Å². The van der Waals surface area contributed by atoms with E-state index in [-0.39, 0.29) is 0 Å². The average Bonchev–Trinajstić information content (AvgIpc) is 2.25. The van der Waals surface area contributed by atoms with E-state index < -0.39 is 0 Å². The Morgan fingerprint density at radius 1 is 1.25 bits per heavy atom. The number of nitrogens with zero attached hydrogens (tertiary/aromatic N) is 1. The van der Waals surface area contributed by atoms with E-state index in [0.29, 0.717) is 11.8 Å². The molecule has 1 aromatic carbocycles. The van der Waals surface area contributed by atoms with Crippen LogP contribution >= 0.6 is 0 Å². The first-order valence-corrected chi connectivity index (χ1v) is 5.74. The first kappa shape index (κ1) is 13.0. The molecule has 90 valence electrons. The van der Waals surface area contributed by atoms with Gasteiger partial charge in [0.2, 0.25) is 0 Å². The second-order valence-corrected chi connectivity index (χ2v) is 4.54. The monoisotopic (exact) mass is 222 g/mol. The molecule has 2 N–H and O–H groups in total. The molecular formula is C13H22N2O. The van der Waals surface area contributed by atoms with Gasteiger partial charge in [-0.1, -0.05) is 12.1 Å². The topological polar surface area (TPSA) is 35.5 Å². The van der Waals surface area contributed by atoms with Gasteiger partial charge in [0.25, 0.3) is 0 Å². The number of nitrogens with one attached hydrogen (secondary N) is 1. The fraction of sp³-hybridized carbons (Fsp3) is 0.538. The van der Waals surface area contributed by atoms with E-state index in [4.69, 9.17) is 5.11 Å². The van der Waals surface area contributed by atoms with Gasteiger partial charge in [0.05, 0.1) is 0 Å². The second-order valence-electron chi connectivity index (χ2n) is 4.54. The Hall–Kier alpha value is -1.06. The largest absolute Gasteiger partial charge is 0.508 e. The van der Waals surface area contributed by atoms with E-state index >= 15 is 0 Å². The van der Waals surface area contributed by atoms with Crippen LogP contribution in [0.5, 0.6) is 5.75 Å². The van der Waals surface area contributed by atoms with Gasteiger partial charge in [-0.3, -0.25) is 0 Å². The molecule has 0 fully saturated rings. The minimum atomic E-state index is 0.324. The zero-order valence-electron chi connectivity index (χ0n) is 10.4. The fourth-order valence-corrected chi connectivity index (χ4v) is 1.46. The highest BCUT2D eigenvalue weighted by Gasteiger charge is 2.02. The van der Waals surface area contributed by atoms with Crippen LogP contribution in [-0.2, 0) is 6.54 Å². The van der Waals surface area contributed by atoms with Crippen LogP contribution in [-0.4, -0.2) is 36.7 Å². The van der Waals surface area contributed by atoms with Gasteiger partial charge < -0.3 is 15.3 Å². The Bertz CT molecular complexity index is 295. The fourth-order valence-electron chi connectivity index (χ4n) is 1.46. The van der Waals surface area contributed by atoms with E-state index in [2.05, 4.69) is 31.2 Å². The highest BCUT2D eigenvalue weighted by Crippen LogP contribution is 2.09. The van der Waals surface area contributed by atoms with Crippen molar-refractivity contribution in [1.29, 1.82) is 0 Å². The minimum absolute atomic E-state index is 0.324. The molecule has 0 heterocycles. The summed E-state index contributed by atoms with van der Waals surface area (Å²) in [4.78, 5) is 2.19. The number of phenolic OH excluding ortho intramolecular Hbond substituents is 1. The van der Waals surface area contributed by atoms with Gasteiger partial charge in [0.15, 0.2) is 0 Å². The number of aromatic hydroxyl groups is 1. The van der Waals surface area contributed by atoms with Crippen LogP contribution in [0.4, 0.5) is 0 Å². The van der Waals surface area contributed by atoms with E-state index in [9.17, 15) is 0 Å². The predicted octanol–water partition coefficient (Wildman–Crippen LogP) is 1.82. The maximum Gasteiger partial charge on any atom is 0.115 e. The summed E-state index contributed by atoms with van der Waals surface area (Å²) in [6, 6.07) is 7.85. The Morgan fingerprint density at radius 2 is 1.88 bits per heavy atom. The summed E-state index contributed by atoms with van der Waals surface area (Å²) in [7, 11) is 4.18. The molecule has 0 aliphatic carbocycles. The van der Waals surface area contributed by atoms with Gasteiger partial charge in [0.1, 0.15) is 5.75 Å². The molecule has 0 saturated heterocycles. The lowest BCUT2D eigenvalue weighted by molar-refractivity contribution is 0.365. The van der Waals surface area contributed by atoms with Gasteiger partial charge in [0, 0.05) is 12.6 Å². The molecule has 0 amide bonds. The molecule has 0 spiro atoms. The van der Waals surface area contributed by atoms with Gasteiger partial charge in [-0.05, 0) is 51.7 Å². The van der Waals surface area contributed by atoms with Crippen molar-refractivity contribution in [2.75, 3.05) is 20.6 Å². The molecule has 16 heavy (non-hydrogen) atoms. The lowest BCUT2D eigenvalue weighted by Crippen LogP contribution is -2.29. The van der Waals surface area contributed by atoms with Crippen molar-refractivity contribution < 1.29 is 5.11 Å². The SMILES string of the molecule is CC(CCN(C)C)NCc1ccc(O)cc1. The summed E-state index contributed by atoms with van der Waals surface area (Å²) in [5, 5.41) is 12.6. The molecule has 3 nitrogen and oxygen atoms in total. The molecule has 0 saturated carbocycles. The molecule has 1 rings (SSSR count). The normalized spacial score (nSPS) is 13.0. The van der Waals surface area contributed by atoms with Gasteiger partial charge in [-0.15, -0.1) is 0 Å². The van der Waals surface area contributed by atoms with Crippen molar-refractivity contribution in [3.8, 4) is 5.75 Å². The van der Waals surface area contributed by atoms with Gasteiger partial charge in [-0.25, -0.2) is 0 Å². The highest BCUT2D eigenvalue weighted by molar-refractivity contribution is 5.25. The Morgan fingerprint density at radius 3 is 2.44 bits per heavy atom. The predicted molar refractivity (Wildman–Crippen MR) is 67.6 cm³/mol. The zero-order chi connectivity index (χ0) is 12.0. The maximum absolute atomic E-state index is 9.15. The smallest absolute Gasteiger partial charge is 0.115 e. The highest BCUT2D eigenvalue weighted by atomic mass is 16.3. The molecule has 1 unspecified atom stereocenters. The van der Waals surface area contributed by atoms with Crippen molar-refractivity contribution in [1.82, 2.24) is 10.2 Å². The van der Waals surface area contributed by atoms with E-state index in [1.54, 1.807) is 12.1 Å². The van der Waals surface area contributed by atoms with Gasteiger partial charge >= 0.3 is 0 Å². The maximum atomic E-state index is 9.15. The second kappa shape index (κ2) is 6.51. The molecule has 0 aromatic heterocycles. The van der Waals surface area contributed by atoms with Crippen LogP contribution < -0.4 is 5.32 Å². The van der Waals surface area contributed by atoms with Crippen molar-refractivity contribution in [3.63, 3.8) is 0 Å². The van der Waals surface area contributed by atoms with Crippen LogP contribution in [0.25, 0.3) is 0 Å². The van der Waals surface area contributed by atoms with Crippen molar-refractivity contribution in [2.24, 2.45) is 0 Å². The number of rotatable bonds is 6. The van der Waals surface area contributed by atoms with Crippen molar-refractivity contribution >= 4 is 0 Å². The summed E-state index contributed by atoms with van der Waals surface area (Å²) < 4.78 is 0. The van der Waals surface area contributed by atoms with Crippen molar-refractivity contribution in [3.05, 3.63) is 29.8 Å². The van der Waals surface area contributed by atoms with Crippen LogP contribution in [0.2, 0.25) is 0 Å². The molecule has 0 bridgehead atoms. The van der Waals surface area contributed by atoms with E-state index in [1.807, 2.05) is 12.1 Å². The third kappa shape index (κ3) is 5.14. The summed E-state index contributed by atoms with van der Waals surface area (Å²) in [6.45, 7) is 4.16. The van der Waals surface area contributed by atoms with Crippen LogP contribution in [0.15, 0.2) is 24.3 Å². The first-order chi connectivity index (χ1) is 7.58. The van der Waals surface area contributed by atoms with Crippen LogP contribution in [0.1, 0.15) is 18.9 Å².